The van der Waals surface area contributed by atoms with Gasteiger partial charge in [0, 0.05) is 45.0 Å². The summed E-state index contributed by atoms with van der Waals surface area (Å²) in [6, 6.07) is 14.9. The molecule has 13 nitrogen and oxygen atoms in total. The van der Waals surface area contributed by atoms with Crippen LogP contribution < -0.4 is 5.32 Å². The van der Waals surface area contributed by atoms with Crippen LogP contribution in [0.5, 0.6) is 0 Å². The van der Waals surface area contributed by atoms with Gasteiger partial charge in [0.15, 0.2) is 0 Å². The maximum atomic E-state index is 12.4. The van der Waals surface area contributed by atoms with Crippen molar-refractivity contribution in [2.75, 3.05) is 26.2 Å². The van der Waals surface area contributed by atoms with Crippen molar-refractivity contribution in [2.24, 2.45) is 0 Å². The molecular formula is C34H33N5O8. The van der Waals surface area contributed by atoms with Crippen molar-refractivity contribution in [1.29, 1.82) is 0 Å². The number of aliphatic carboxylic acids is 1. The summed E-state index contributed by atoms with van der Waals surface area (Å²) >= 11 is 0. The minimum Gasteiger partial charge on any atom is -0.480 e. The summed E-state index contributed by atoms with van der Waals surface area (Å²) in [5.74, 6) is -3.56. The molecule has 6 rings (SSSR count). The number of piperidine rings is 1. The number of hydrogen-bond acceptors (Lipinski definition) is 8. The first kappa shape index (κ1) is 32.7. The lowest BCUT2D eigenvalue weighted by Gasteiger charge is -2.28. The number of nitrogens with one attached hydrogen (secondary N) is 1. The van der Waals surface area contributed by atoms with Gasteiger partial charge < -0.3 is 15.3 Å². The van der Waals surface area contributed by atoms with Gasteiger partial charge in [0.2, 0.25) is 5.91 Å². The van der Waals surface area contributed by atoms with Gasteiger partial charge in [-0.25, -0.2) is 4.79 Å². The molecule has 0 aliphatic carbocycles. The Labute approximate surface area is 270 Å². The Kier molecular flexibility index (Phi) is 10.1. The van der Waals surface area contributed by atoms with Gasteiger partial charge in [0.25, 0.3) is 29.5 Å². The van der Waals surface area contributed by atoms with E-state index in [2.05, 4.69) is 10.3 Å². The van der Waals surface area contributed by atoms with Crippen LogP contribution >= 0.6 is 0 Å². The Morgan fingerprint density at radius 1 is 0.766 bits per heavy atom. The number of nitrogens with zero attached hydrogens (tertiary/aromatic N) is 4. The zero-order valence-corrected chi connectivity index (χ0v) is 25.5. The second-order valence-electron chi connectivity index (χ2n) is 11.2. The zero-order valence-electron chi connectivity index (χ0n) is 25.5. The third-order valence-electron chi connectivity index (χ3n) is 8.19. The van der Waals surface area contributed by atoms with Crippen LogP contribution in [-0.4, -0.2) is 98.4 Å². The minimum atomic E-state index is -1.33. The molecule has 6 amide bonds. The highest BCUT2D eigenvalue weighted by Gasteiger charge is 2.43. The standard InChI is InChI=1S/C18H20N2O5.C16H13N3O3/c21-15(19-10-4-1-5-11-19)9-8-14(18(24)25)20-16(22)12-6-2-3-7-13(12)17(20)23;20-14(11-4-3-7-17-10-11)18-8-9-19-15(21)12-5-1-2-6-13(12)16(19)22/h2-3,6-7,14H,1,4-5,8-11H2,(H,24,25);1-7,10H,8-9H2,(H,18,20). The molecule has 0 saturated carbocycles. The number of imide groups is 2. The molecule has 47 heavy (non-hydrogen) atoms. The van der Waals surface area contributed by atoms with E-state index < -0.39 is 23.8 Å². The van der Waals surface area contributed by atoms with Crippen molar-refractivity contribution in [1.82, 2.24) is 25.0 Å². The lowest BCUT2D eigenvalue weighted by Crippen LogP contribution is -2.45. The average molecular weight is 640 g/mol. The quantitative estimate of drug-likeness (QED) is 0.334. The molecule has 0 spiro atoms. The van der Waals surface area contributed by atoms with Crippen LogP contribution in [-0.2, 0) is 9.59 Å². The summed E-state index contributed by atoms with van der Waals surface area (Å²) < 4.78 is 0. The molecule has 3 aromatic rings. The number of hydrogen-bond donors (Lipinski definition) is 2. The molecule has 3 aliphatic heterocycles. The number of rotatable bonds is 9. The lowest BCUT2D eigenvalue weighted by molar-refractivity contribution is -0.142. The molecule has 13 heteroatoms. The van der Waals surface area contributed by atoms with Gasteiger partial charge in [0.1, 0.15) is 6.04 Å². The van der Waals surface area contributed by atoms with E-state index in [4.69, 9.17) is 0 Å². The number of amides is 6. The van der Waals surface area contributed by atoms with Gasteiger partial charge in [-0.2, -0.15) is 0 Å². The molecule has 0 bridgehead atoms. The monoisotopic (exact) mass is 639 g/mol. The number of likely N-dealkylation sites (tertiary alicyclic amines) is 1. The topological polar surface area (TPSA) is 174 Å². The molecule has 1 atom stereocenters. The molecule has 4 heterocycles. The highest BCUT2D eigenvalue weighted by molar-refractivity contribution is 6.23. The van der Waals surface area contributed by atoms with E-state index in [1.54, 1.807) is 59.6 Å². The molecule has 242 valence electrons. The third-order valence-corrected chi connectivity index (χ3v) is 8.19. The molecule has 1 unspecified atom stereocenters. The number of carbonyl (C=O) groups excluding carboxylic acids is 6. The number of aromatic nitrogens is 1. The summed E-state index contributed by atoms with van der Waals surface area (Å²) in [6.45, 7) is 1.70. The van der Waals surface area contributed by atoms with Crippen LogP contribution in [0.15, 0.2) is 73.1 Å². The predicted molar refractivity (Wildman–Crippen MR) is 166 cm³/mol. The Balaban J connectivity index is 0.000000186. The summed E-state index contributed by atoms with van der Waals surface area (Å²) in [6.07, 6.45) is 5.96. The summed E-state index contributed by atoms with van der Waals surface area (Å²) in [5, 5.41) is 12.2. The largest absolute Gasteiger partial charge is 0.480 e. The molecule has 0 radical (unpaired) electrons. The van der Waals surface area contributed by atoms with E-state index in [1.807, 2.05) is 0 Å². The highest BCUT2D eigenvalue weighted by Crippen LogP contribution is 2.27. The van der Waals surface area contributed by atoms with Gasteiger partial charge in [0.05, 0.1) is 27.8 Å². The average Bonchev–Trinajstić information content (AvgIpc) is 3.50. The third kappa shape index (κ3) is 7.08. The molecule has 1 fully saturated rings. The van der Waals surface area contributed by atoms with Crippen molar-refractivity contribution < 1.29 is 38.7 Å². The summed E-state index contributed by atoms with van der Waals surface area (Å²) in [4.78, 5) is 92.4. The SMILES string of the molecule is O=C(NCCN1C(=O)c2ccccc2C1=O)c1cccnc1.O=C(O)C(CCC(=O)N1CCCCC1)N1C(=O)c2ccccc2C1=O. The molecule has 1 saturated heterocycles. The van der Waals surface area contributed by atoms with Crippen LogP contribution in [0.1, 0.15) is 83.9 Å². The van der Waals surface area contributed by atoms with E-state index in [0.717, 1.165) is 29.1 Å². The van der Waals surface area contributed by atoms with E-state index >= 15 is 0 Å². The molecule has 2 N–H and O–H groups in total. The van der Waals surface area contributed by atoms with Gasteiger partial charge in [-0.3, -0.25) is 43.6 Å². The maximum Gasteiger partial charge on any atom is 0.326 e. The van der Waals surface area contributed by atoms with Gasteiger partial charge in [-0.15, -0.1) is 0 Å². The van der Waals surface area contributed by atoms with Gasteiger partial charge >= 0.3 is 5.97 Å². The predicted octanol–water partition coefficient (Wildman–Crippen LogP) is 2.64. The second-order valence-corrected chi connectivity index (χ2v) is 11.2. The van der Waals surface area contributed by atoms with Crippen LogP contribution in [0.3, 0.4) is 0 Å². The normalized spacial score (nSPS) is 15.9. The maximum absolute atomic E-state index is 12.4. The number of benzene rings is 2. The van der Waals surface area contributed by atoms with Crippen molar-refractivity contribution in [2.45, 2.75) is 38.1 Å². The molecule has 2 aromatic carbocycles. The Morgan fingerprint density at radius 3 is 1.83 bits per heavy atom. The van der Waals surface area contributed by atoms with Crippen LogP contribution in [0.25, 0.3) is 0 Å². The van der Waals surface area contributed by atoms with E-state index in [-0.39, 0.29) is 60.7 Å². The smallest absolute Gasteiger partial charge is 0.326 e. The van der Waals surface area contributed by atoms with Crippen LogP contribution in [0.2, 0.25) is 0 Å². The van der Waals surface area contributed by atoms with Crippen molar-refractivity contribution >= 4 is 41.4 Å². The first-order valence-electron chi connectivity index (χ1n) is 15.3. The first-order chi connectivity index (χ1) is 22.7. The summed E-state index contributed by atoms with van der Waals surface area (Å²) in [7, 11) is 0. The number of pyridine rings is 1. The zero-order chi connectivity index (χ0) is 33.5. The fourth-order valence-corrected chi connectivity index (χ4v) is 5.74. The van der Waals surface area contributed by atoms with Crippen LogP contribution in [0, 0.1) is 0 Å². The fourth-order valence-electron chi connectivity index (χ4n) is 5.74. The van der Waals surface area contributed by atoms with E-state index in [1.165, 1.54) is 18.3 Å². The van der Waals surface area contributed by atoms with Gasteiger partial charge in [-0.05, 0) is 62.1 Å². The second kappa shape index (κ2) is 14.6. The Bertz CT molecular complexity index is 1650. The van der Waals surface area contributed by atoms with Crippen LogP contribution in [0.4, 0.5) is 0 Å². The van der Waals surface area contributed by atoms with Crippen molar-refractivity contribution in [3.05, 3.63) is 101 Å². The molecule has 1 aromatic heterocycles. The van der Waals surface area contributed by atoms with E-state index in [0.29, 0.717) is 29.8 Å². The number of carboxylic acid groups (broad SMARTS) is 1. The van der Waals surface area contributed by atoms with Crippen molar-refractivity contribution in [3.63, 3.8) is 0 Å². The van der Waals surface area contributed by atoms with E-state index in [9.17, 15) is 38.7 Å². The number of fused-ring (bicyclic) bond motifs is 2. The fraction of sp³-hybridized carbons (Fsp3) is 0.294. The molecular weight excluding hydrogens is 606 g/mol. The minimum absolute atomic E-state index is 0.00434. The Morgan fingerprint density at radius 2 is 1.32 bits per heavy atom. The number of carbonyl (C=O) groups is 7. The first-order valence-corrected chi connectivity index (χ1v) is 15.3. The van der Waals surface area contributed by atoms with Crippen molar-refractivity contribution in [3.8, 4) is 0 Å². The molecule has 3 aliphatic rings. The number of carboxylic acids is 1. The summed E-state index contributed by atoms with van der Waals surface area (Å²) in [5.41, 5.74) is 1.67. The van der Waals surface area contributed by atoms with Gasteiger partial charge in [-0.1, -0.05) is 24.3 Å². The highest BCUT2D eigenvalue weighted by atomic mass is 16.4. The lowest BCUT2D eigenvalue weighted by atomic mass is 10.1. The Hall–Kier alpha value is -5.72.